The summed E-state index contributed by atoms with van der Waals surface area (Å²) in [6, 6.07) is 36.3. The first-order chi connectivity index (χ1) is 22.7. The van der Waals surface area contributed by atoms with E-state index in [9.17, 15) is 4.79 Å². The summed E-state index contributed by atoms with van der Waals surface area (Å²) in [6.45, 7) is 12.0. The van der Waals surface area contributed by atoms with Crippen LogP contribution in [0.1, 0.15) is 61.9 Å². The van der Waals surface area contributed by atoms with Gasteiger partial charge in [-0.3, -0.25) is 4.90 Å². The Balaban J connectivity index is 1.13. The molecule has 6 heteroatoms. The monoisotopic (exact) mass is 630 g/mol. The Hall–Kier alpha value is -4.55. The van der Waals surface area contributed by atoms with Crippen LogP contribution >= 0.6 is 0 Å². The van der Waals surface area contributed by atoms with Crippen molar-refractivity contribution < 1.29 is 19.0 Å². The maximum atomic E-state index is 12.5. The number of fused-ring (bicyclic) bond motifs is 1. The van der Waals surface area contributed by atoms with Crippen molar-refractivity contribution in [1.82, 2.24) is 9.80 Å². The lowest BCUT2D eigenvalue weighted by Crippen LogP contribution is -2.53. The summed E-state index contributed by atoms with van der Waals surface area (Å²) >= 11 is 0. The first-order valence-electron chi connectivity index (χ1n) is 16.8. The number of allylic oxidation sites excluding steroid dienone is 1. The normalized spacial score (nSPS) is 16.0. The highest BCUT2D eigenvalue weighted by Gasteiger charge is 2.28. The van der Waals surface area contributed by atoms with Crippen molar-refractivity contribution in [2.75, 3.05) is 32.8 Å². The minimum absolute atomic E-state index is 0.228. The van der Waals surface area contributed by atoms with E-state index in [-0.39, 0.29) is 12.1 Å². The summed E-state index contributed by atoms with van der Waals surface area (Å²) in [5.41, 5.74) is 8.33. The highest BCUT2D eigenvalue weighted by molar-refractivity contribution is 6.00. The van der Waals surface area contributed by atoms with Gasteiger partial charge >= 0.3 is 6.09 Å². The molecule has 1 fully saturated rings. The molecule has 0 saturated carbocycles. The SMILES string of the molecule is C[C@H](COc1ccc(C2=C(c3ccccc3)CCc3cc(OCc4ccccc4)ccc32)cc1)N1CCN(C(=O)OC(C)(C)C)CC1. The fourth-order valence-electron chi connectivity index (χ4n) is 6.37. The van der Waals surface area contributed by atoms with Crippen LogP contribution in [-0.2, 0) is 17.8 Å². The molecule has 1 heterocycles. The average molecular weight is 631 g/mol. The van der Waals surface area contributed by atoms with Gasteiger partial charge in [-0.15, -0.1) is 0 Å². The van der Waals surface area contributed by atoms with Crippen molar-refractivity contribution >= 4 is 17.2 Å². The molecule has 1 aliphatic heterocycles. The predicted molar refractivity (Wildman–Crippen MR) is 189 cm³/mol. The van der Waals surface area contributed by atoms with Crippen molar-refractivity contribution in [3.05, 3.63) is 131 Å². The van der Waals surface area contributed by atoms with E-state index in [1.165, 1.54) is 33.4 Å². The van der Waals surface area contributed by atoms with Crippen molar-refractivity contribution in [3.8, 4) is 11.5 Å². The summed E-state index contributed by atoms with van der Waals surface area (Å²) in [4.78, 5) is 16.6. The van der Waals surface area contributed by atoms with E-state index in [1.54, 1.807) is 4.90 Å². The van der Waals surface area contributed by atoms with Gasteiger partial charge in [0.25, 0.3) is 0 Å². The summed E-state index contributed by atoms with van der Waals surface area (Å²) in [6.07, 6.45) is 1.70. The fraction of sp³-hybridized carbons (Fsp3) is 0.341. The van der Waals surface area contributed by atoms with E-state index < -0.39 is 5.60 Å². The van der Waals surface area contributed by atoms with Gasteiger partial charge in [-0.25, -0.2) is 4.79 Å². The molecular formula is C41H46N2O4. The molecule has 1 atom stereocenters. The Morgan fingerprint density at radius 1 is 0.745 bits per heavy atom. The number of aryl methyl sites for hydroxylation is 1. The molecule has 4 aromatic carbocycles. The number of carbonyl (C=O) groups is 1. The van der Waals surface area contributed by atoms with E-state index in [1.807, 2.05) is 39.0 Å². The smallest absolute Gasteiger partial charge is 0.410 e. The van der Waals surface area contributed by atoms with Gasteiger partial charge in [-0.2, -0.15) is 0 Å². The van der Waals surface area contributed by atoms with Crippen molar-refractivity contribution in [1.29, 1.82) is 0 Å². The highest BCUT2D eigenvalue weighted by Crippen LogP contribution is 2.42. The van der Waals surface area contributed by atoms with Gasteiger partial charge in [-0.1, -0.05) is 78.9 Å². The van der Waals surface area contributed by atoms with Crippen LogP contribution in [0.5, 0.6) is 11.5 Å². The molecule has 0 N–H and O–H groups in total. The lowest BCUT2D eigenvalue weighted by atomic mass is 9.79. The van der Waals surface area contributed by atoms with Gasteiger partial charge in [-0.05, 0) is 104 Å². The zero-order valence-corrected chi connectivity index (χ0v) is 28.1. The largest absolute Gasteiger partial charge is 0.492 e. The lowest BCUT2D eigenvalue weighted by molar-refractivity contribution is 0.00882. The molecule has 1 saturated heterocycles. The molecule has 0 bridgehead atoms. The van der Waals surface area contributed by atoms with Gasteiger partial charge in [0.2, 0.25) is 0 Å². The number of amides is 1. The minimum atomic E-state index is -0.480. The number of benzene rings is 4. The van der Waals surface area contributed by atoms with Crippen LogP contribution in [-0.4, -0.2) is 60.3 Å². The van der Waals surface area contributed by atoms with E-state index in [2.05, 4.69) is 96.8 Å². The van der Waals surface area contributed by atoms with Crippen molar-refractivity contribution in [3.63, 3.8) is 0 Å². The first-order valence-corrected chi connectivity index (χ1v) is 16.8. The van der Waals surface area contributed by atoms with Crippen LogP contribution in [0, 0.1) is 0 Å². The maximum Gasteiger partial charge on any atom is 0.410 e. The zero-order valence-electron chi connectivity index (χ0n) is 28.1. The molecule has 0 radical (unpaired) electrons. The molecule has 4 aromatic rings. The molecule has 0 aromatic heterocycles. The summed E-state index contributed by atoms with van der Waals surface area (Å²) in [5.74, 6) is 1.76. The Morgan fingerprint density at radius 2 is 1.40 bits per heavy atom. The van der Waals surface area contributed by atoms with Crippen molar-refractivity contribution in [2.24, 2.45) is 0 Å². The van der Waals surface area contributed by atoms with E-state index >= 15 is 0 Å². The fourth-order valence-corrected chi connectivity index (χ4v) is 6.37. The second-order valence-corrected chi connectivity index (χ2v) is 13.5. The number of hydrogen-bond donors (Lipinski definition) is 0. The molecule has 0 spiro atoms. The Bertz CT molecular complexity index is 1670. The number of hydrogen-bond acceptors (Lipinski definition) is 5. The van der Waals surface area contributed by atoms with Crippen LogP contribution in [0.15, 0.2) is 103 Å². The summed E-state index contributed by atoms with van der Waals surface area (Å²) in [7, 11) is 0. The lowest BCUT2D eigenvalue weighted by Gasteiger charge is -2.38. The van der Waals surface area contributed by atoms with Gasteiger partial charge in [0.15, 0.2) is 0 Å². The number of nitrogens with zero attached hydrogens (tertiary/aromatic N) is 2. The van der Waals surface area contributed by atoms with E-state index in [4.69, 9.17) is 14.2 Å². The van der Waals surface area contributed by atoms with Crippen LogP contribution in [0.25, 0.3) is 11.1 Å². The Labute approximate surface area is 279 Å². The molecule has 244 valence electrons. The molecule has 6 rings (SSSR count). The van der Waals surface area contributed by atoms with Crippen LogP contribution in [0.2, 0.25) is 0 Å². The number of piperazine rings is 1. The summed E-state index contributed by atoms with van der Waals surface area (Å²) in [5, 5.41) is 0. The standard InChI is InChI=1S/C41H46N2O4/c1-30(42-23-25-43(26-24-42)40(44)47-41(2,3)4)28-45-35-18-15-33(16-19-35)39-37(32-13-9-6-10-14-32)21-17-34-27-36(20-22-38(34)39)46-29-31-11-7-5-8-12-31/h5-16,18-20,22,27,30H,17,21,23-26,28-29H2,1-4H3/t30-/m1/s1. The minimum Gasteiger partial charge on any atom is -0.492 e. The Kier molecular flexibility index (Phi) is 9.98. The third-order valence-corrected chi connectivity index (χ3v) is 8.89. The van der Waals surface area contributed by atoms with E-state index in [0.717, 1.165) is 43.0 Å². The number of carbonyl (C=O) groups excluding carboxylic acids is 1. The third kappa shape index (κ3) is 8.25. The van der Waals surface area contributed by atoms with Crippen LogP contribution < -0.4 is 9.47 Å². The number of rotatable bonds is 9. The van der Waals surface area contributed by atoms with Crippen LogP contribution in [0.3, 0.4) is 0 Å². The van der Waals surface area contributed by atoms with Gasteiger partial charge < -0.3 is 19.1 Å². The number of ether oxygens (including phenoxy) is 3. The molecule has 6 nitrogen and oxygen atoms in total. The second kappa shape index (κ2) is 14.5. The predicted octanol–water partition coefficient (Wildman–Crippen LogP) is 8.49. The average Bonchev–Trinajstić information content (AvgIpc) is 3.09. The third-order valence-electron chi connectivity index (χ3n) is 8.89. The van der Waals surface area contributed by atoms with Crippen molar-refractivity contribution in [2.45, 2.75) is 58.8 Å². The van der Waals surface area contributed by atoms with Gasteiger partial charge in [0, 0.05) is 32.2 Å². The molecule has 1 amide bonds. The quantitative estimate of drug-likeness (QED) is 0.186. The summed E-state index contributed by atoms with van der Waals surface area (Å²) < 4.78 is 18.0. The molecule has 1 aliphatic carbocycles. The first kappa shape index (κ1) is 32.4. The van der Waals surface area contributed by atoms with Gasteiger partial charge in [0.05, 0.1) is 0 Å². The Morgan fingerprint density at radius 3 is 2.09 bits per heavy atom. The van der Waals surface area contributed by atoms with Gasteiger partial charge in [0.1, 0.15) is 30.3 Å². The second-order valence-electron chi connectivity index (χ2n) is 13.5. The van der Waals surface area contributed by atoms with Crippen LogP contribution in [0.4, 0.5) is 4.79 Å². The topological polar surface area (TPSA) is 51.2 Å². The molecule has 47 heavy (non-hydrogen) atoms. The molecule has 2 aliphatic rings. The molecular weight excluding hydrogens is 584 g/mol. The molecule has 0 unspecified atom stereocenters. The van der Waals surface area contributed by atoms with E-state index in [0.29, 0.717) is 26.3 Å². The highest BCUT2D eigenvalue weighted by atomic mass is 16.6. The maximum absolute atomic E-state index is 12.5. The zero-order chi connectivity index (χ0) is 32.8.